The summed E-state index contributed by atoms with van der Waals surface area (Å²) in [5, 5.41) is 0.679. The smallest absolute Gasteiger partial charge is 0.0621 e. The Morgan fingerprint density at radius 3 is 2.58 bits per heavy atom. The fourth-order valence-electron chi connectivity index (χ4n) is 1.93. The maximum Gasteiger partial charge on any atom is 0.0621 e. The zero-order chi connectivity index (χ0) is 13.7. The van der Waals surface area contributed by atoms with Crippen LogP contribution in [0.2, 0.25) is 5.02 Å². The van der Waals surface area contributed by atoms with E-state index in [1.54, 1.807) is 12.4 Å². The first kappa shape index (κ1) is 14.5. The van der Waals surface area contributed by atoms with Gasteiger partial charge in [-0.1, -0.05) is 39.7 Å². The largest absolute Gasteiger partial charge is 0.271 e. The number of nitrogens with one attached hydrogen (secondary N) is 1. The summed E-state index contributed by atoms with van der Waals surface area (Å²) >= 11 is 9.54. The number of benzene rings is 1. The third-order valence-corrected chi connectivity index (χ3v) is 3.82. The number of hydrogen-bond acceptors (Lipinski definition) is 3. The van der Waals surface area contributed by atoms with Crippen molar-refractivity contribution in [1.82, 2.24) is 10.4 Å². The number of aromatic nitrogens is 1. The van der Waals surface area contributed by atoms with E-state index in [1.165, 1.54) is 5.56 Å². The van der Waals surface area contributed by atoms with Crippen LogP contribution >= 0.6 is 27.5 Å². The van der Waals surface area contributed by atoms with Crippen molar-refractivity contribution in [2.24, 2.45) is 5.84 Å². The van der Waals surface area contributed by atoms with E-state index in [-0.39, 0.29) is 6.04 Å². The Hall–Kier alpha value is -0.940. The fourth-order valence-corrected chi connectivity index (χ4v) is 2.39. The Morgan fingerprint density at radius 1 is 1.21 bits per heavy atom. The van der Waals surface area contributed by atoms with E-state index in [0.29, 0.717) is 5.02 Å². The minimum absolute atomic E-state index is 0.140. The Labute approximate surface area is 126 Å². The number of nitrogens with two attached hydrogens (primary N) is 1. The first-order valence-corrected chi connectivity index (χ1v) is 7.15. The number of halogens is 2. The Morgan fingerprint density at radius 2 is 1.95 bits per heavy atom. The summed E-state index contributed by atoms with van der Waals surface area (Å²) in [6.07, 6.45) is 5.02. The molecule has 3 N–H and O–H groups in total. The summed E-state index contributed by atoms with van der Waals surface area (Å²) < 4.78 is 1.07. The zero-order valence-corrected chi connectivity index (χ0v) is 12.7. The van der Waals surface area contributed by atoms with Crippen LogP contribution in [0.5, 0.6) is 0 Å². The molecule has 0 saturated heterocycles. The van der Waals surface area contributed by atoms with E-state index in [9.17, 15) is 0 Å². The van der Waals surface area contributed by atoms with E-state index in [1.807, 2.05) is 18.2 Å². The maximum absolute atomic E-state index is 6.11. The van der Waals surface area contributed by atoms with Crippen molar-refractivity contribution in [2.45, 2.75) is 18.9 Å². The van der Waals surface area contributed by atoms with Gasteiger partial charge in [-0.05, 0) is 42.2 Å². The molecule has 0 bridgehead atoms. The van der Waals surface area contributed by atoms with Crippen LogP contribution in [0.3, 0.4) is 0 Å². The van der Waals surface area contributed by atoms with Gasteiger partial charge in [0.05, 0.1) is 5.02 Å². The van der Waals surface area contributed by atoms with Crippen LogP contribution in [0.1, 0.15) is 11.1 Å². The standard InChI is InChI=1S/C14H15BrClN3/c15-12-3-1-10(2-4-12)7-13(19-17)8-11-5-6-18-9-14(11)16/h1-6,9,13,19H,7-8,17H2. The molecule has 0 aliphatic heterocycles. The van der Waals surface area contributed by atoms with E-state index < -0.39 is 0 Å². The SMILES string of the molecule is NNC(Cc1ccc(Br)cc1)Cc1ccncc1Cl. The third-order valence-electron chi connectivity index (χ3n) is 2.95. The van der Waals surface area contributed by atoms with Gasteiger partial charge in [0.25, 0.3) is 0 Å². The number of pyridine rings is 1. The van der Waals surface area contributed by atoms with E-state index in [4.69, 9.17) is 17.4 Å². The third kappa shape index (κ3) is 4.28. The van der Waals surface area contributed by atoms with Gasteiger partial charge in [0, 0.05) is 22.9 Å². The molecular formula is C14H15BrClN3. The van der Waals surface area contributed by atoms with Gasteiger partial charge in [-0.3, -0.25) is 16.3 Å². The zero-order valence-electron chi connectivity index (χ0n) is 10.3. The average Bonchev–Trinajstić information content (AvgIpc) is 2.43. The number of hydrazine groups is 1. The topological polar surface area (TPSA) is 50.9 Å². The first-order valence-electron chi connectivity index (χ1n) is 5.98. The van der Waals surface area contributed by atoms with Crippen LogP contribution in [-0.4, -0.2) is 11.0 Å². The maximum atomic E-state index is 6.11. The molecule has 0 saturated carbocycles. The van der Waals surface area contributed by atoms with Gasteiger partial charge >= 0.3 is 0 Å². The molecule has 0 radical (unpaired) electrons. The minimum Gasteiger partial charge on any atom is -0.271 e. The van der Waals surface area contributed by atoms with Gasteiger partial charge in [-0.2, -0.15) is 0 Å². The molecule has 5 heteroatoms. The molecule has 1 heterocycles. The lowest BCUT2D eigenvalue weighted by Gasteiger charge is -2.16. The van der Waals surface area contributed by atoms with Crippen LogP contribution in [0, 0.1) is 0 Å². The fraction of sp³-hybridized carbons (Fsp3) is 0.214. The molecule has 1 atom stereocenters. The Balaban J connectivity index is 2.05. The lowest BCUT2D eigenvalue weighted by Crippen LogP contribution is -2.38. The van der Waals surface area contributed by atoms with E-state index >= 15 is 0 Å². The molecule has 0 aliphatic rings. The average molecular weight is 341 g/mol. The Kier molecular flexibility index (Phi) is 5.34. The lowest BCUT2D eigenvalue weighted by molar-refractivity contribution is 0.522. The van der Waals surface area contributed by atoms with Crippen molar-refractivity contribution in [1.29, 1.82) is 0 Å². The molecule has 0 amide bonds. The molecule has 2 aromatic rings. The monoisotopic (exact) mass is 339 g/mol. The second-order valence-corrected chi connectivity index (χ2v) is 5.69. The second kappa shape index (κ2) is 7.01. The summed E-state index contributed by atoms with van der Waals surface area (Å²) in [4.78, 5) is 3.98. The van der Waals surface area contributed by atoms with Gasteiger partial charge in [0.15, 0.2) is 0 Å². The van der Waals surface area contributed by atoms with E-state index in [0.717, 1.165) is 22.9 Å². The van der Waals surface area contributed by atoms with Crippen LogP contribution in [-0.2, 0) is 12.8 Å². The molecule has 3 nitrogen and oxygen atoms in total. The Bertz CT molecular complexity index is 530. The highest BCUT2D eigenvalue weighted by Crippen LogP contribution is 2.17. The van der Waals surface area contributed by atoms with Gasteiger partial charge < -0.3 is 0 Å². The molecule has 1 aromatic heterocycles. The highest BCUT2D eigenvalue weighted by atomic mass is 79.9. The van der Waals surface area contributed by atoms with Crippen molar-refractivity contribution in [3.05, 3.63) is 63.3 Å². The molecule has 1 unspecified atom stereocenters. The molecule has 0 aliphatic carbocycles. The minimum atomic E-state index is 0.140. The quantitative estimate of drug-likeness (QED) is 0.649. The van der Waals surface area contributed by atoms with Crippen molar-refractivity contribution >= 4 is 27.5 Å². The van der Waals surface area contributed by atoms with Gasteiger partial charge in [0.1, 0.15) is 0 Å². The molecule has 100 valence electrons. The molecule has 0 fully saturated rings. The van der Waals surface area contributed by atoms with E-state index in [2.05, 4.69) is 38.5 Å². The van der Waals surface area contributed by atoms with Crippen LogP contribution in [0.15, 0.2) is 47.2 Å². The molecule has 2 rings (SSSR count). The second-order valence-electron chi connectivity index (χ2n) is 4.37. The molecule has 1 aromatic carbocycles. The summed E-state index contributed by atoms with van der Waals surface area (Å²) in [7, 11) is 0. The highest BCUT2D eigenvalue weighted by Gasteiger charge is 2.11. The number of nitrogens with zero attached hydrogens (tertiary/aromatic N) is 1. The summed E-state index contributed by atoms with van der Waals surface area (Å²) in [6, 6.07) is 10.3. The molecule has 0 spiro atoms. The van der Waals surface area contributed by atoms with Crippen LogP contribution in [0.4, 0.5) is 0 Å². The van der Waals surface area contributed by atoms with Crippen molar-refractivity contribution < 1.29 is 0 Å². The summed E-state index contributed by atoms with van der Waals surface area (Å²) in [6.45, 7) is 0. The lowest BCUT2D eigenvalue weighted by atomic mass is 10.0. The summed E-state index contributed by atoms with van der Waals surface area (Å²) in [5.74, 6) is 5.63. The predicted octanol–water partition coefficient (Wildman–Crippen LogP) is 3.11. The van der Waals surface area contributed by atoms with Crippen LogP contribution in [0.25, 0.3) is 0 Å². The van der Waals surface area contributed by atoms with Crippen LogP contribution < -0.4 is 11.3 Å². The normalized spacial score (nSPS) is 12.4. The number of hydrogen-bond donors (Lipinski definition) is 2. The highest BCUT2D eigenvalue weighted by molar-refractivity contribution is 9.10. The van der Waals surface area contributed by atoms with Gasteiger partial charge in [-0.15, -0.1) is 0 Å². The predicted molar refractivity (Wildman–Crippen MR) is 81.9 cm³/mol. The van der Waals surface area contributed by atoms with Crippen molar-refractivity contribution in [3.63, 3.8) is 0 Å². The molecule has 19 heavy (non-hydrogen) atoms. The van der Waals surface area contributed by atoms with Crippen molar-refractivity contribution in [2.75, 3.05) is 0 Å². The van der Waals surface area contributed by atoms with Gasteiger partial charge in [-0.25, -0.2) is 0 Å². The van der Waals surface area contributed by atoms with Gasteiger partial charge in [0.2, 0.25) is 0 Å². The number of rotatable bonds is 5. The summed E-state index contributed by atoms with van der Waals surface area (Å²) in [5.41, 5.74) is 5.14. The first-order chi connectivity index (χ1) is 9.19. The molecular weight excluding hydrogens is 326 g/mol. The van der Waals surface area contributed by atoms with Crippen molar-refractivity contribution in [3.8, 4) is 0 Å².